The lowest BCUT2D eigenvalue weighted by atomic mass is 9.69. The predicted molar refractivity (Wildman–Crippen MR) is 101 cm³/mol. The fourth-order valence-corrected chi connectivity index (χ4v) is 5.94. The molecule has 1 heterocycles. The van der Waals surface area contributed by atoms with Crippen LogP contribution in [0.5, 0.6) is 0 Å². The third-order valence-corrected chi connectivity index (χ3v) is 7.11. The Balaban J connectivity index is 1.51. The number of carbonyl (C=O) groups excluding carboxylic acids is 2. The molecule has 4 fully saturated rings. The van der Waals surface area contributed by atoms with Crippen LogP contribution in [0.1, 0.15) is 71.6 Å². The molecule has 4 rings (SSSR count). The molecule has 1 spiro atoms. The first kappa shape index (κ1) is 20.1. The number of ether oxygens (including phenoxy) is 4. The van der Waals surface area contributed by atoms with Gasteiger partial charge in [0.05, 0.1) is 13.2 Å². The second-order valence-corrected chi connectivity index (χ2v) is 9.18. The van der Waals surface area contributed by atoms with E-state index in [1.165, 1.54) is 19.3 Å². The molecular formula is C22H34O6. The second kappa shape index (κ2) is 8.31. The van der Waals surface area contributed by atoms with E-state index in [9.17, 15) is 9.59 Å². The van der Waals surface area contributed by atoms with Crippen LogP contribution in [0.25, 0.3) is 0 Å². The standard InChI is InChI=1S/C22H34O6/c1-3-5-7-25-20(23)18-19(21(24)26-8-6-4-2)28-22(27-18)13-15-9-14-10-16(11-15)17(22)12-14/h14-19H,3-13H2,1-2H3/t14-,15+,16-,17+,18+,19+/m1/s1. The average Bonchev–Trinajstić information content (AvgIpc) is 3.16. The number of fused-ring (bicyclic) bond motifs is 3. The average molecular weight is 395 g/mol. The summed E-state index contributed by atoms with van der Waals surface area (Å²) in [6, 6.07) is 0. The van der Waals surface area contributed by atoms with Crippen LogP contribution < -0.4 is 0 Å². The number of esters is 2. The van der Waals surface area contributed by atoms with Gasteiger partial charge in [-0.25, -0.2) is 9.59 Å². The molecule has 0 unspecified atom stereocenters. The van der Waals surface area contributed by atoms with E-state index in [2.05, 4.69) is 0 Å². The van der Waals surface area contributed by atoms with E-state index < -0.39 is 29.9 Å². The van der Waals surface area contributed by atoms with Gasteiger partial charge in [-0.3, -0.25) is 0 Å². The summed E-state index contributed by atoms with van der Waals surface area (Å²) in [6.45, 7) is 4.77. The van der Waals surface area contributed by atoms with Crippen LogP contribution in [0.4, 0.5) is 0 Å². The molecule has 6 atom stereocenters. The van der Waals surface area contributed by atoms with Gasteiger partial charge in [0.15, 0.2) is 18.0 Å². The minimum atomic E-state index is -1.01. The van der Waals surface area contributed by atoms with Gasteiger partial charge in [0.25, 0.3) is 0 Å². The Labute approximate surface area is 167 Å². The maximum absolute atomic E-state index is 12.7. The zero-order valence-corrected chi connectivity index (χ0v) is 17.2. The van der Waals surface area contributed by atoms with E-state index in [0.29, 0.717) is 25.0 Å². The Kier molecular flexibility index (Phi) is 5.98. The highest BCUT2D eigenvalue weighted by molar-refractivity contribution is 5.86. The van der Waals surface area contributed by atoms with Gasteiger partial charge in [-0.2, -0.15) is 0 Å². The first-order valence-corrected chi connectivity index (χ1v) is 11.2. The first-order chi connectivity index (χ1) is 13.6. The molecular weight excluding hydrogens is 360 g/mol. The highest BCUT2D eigenvalue weighted by atomic mass is 16.8. The normalized spacial score (nSPS) is 37.4. The fraction of sp³-hybridized carbons (Fsp3) is 0.909. The van der Waals surface area contributed by atoms with Crippen molar-refractivity contribution >= 4 is 11.9 Å². The lowest BCUT2D eigenvalue weighted by Crippen LogP contribution is -2.47. The molecule has 1 aliphatic heterocycles. The van der Waals surface area contributed by atoms with Crippen molar-refractivity contribution in [2.45, 2.75) is 89.6 Å². The van der Waals surface area contributed by atoms with Crippen molar-refractivity contribution < 1.29 is 28.5 Å². The van der Waals surface area contributed by atoms with Crippen LogP contribution >= 0.6 is 0 Å². The highest BCUT2D eigenvalue weighted by Gasteiger charge is 2.65. The minimum Gasteiger partial charge on any atom is -0.464 e. The smallest absolute Gasteiger partial charge is 0.338 e. The van der Waals surface area contributed by atoms with Crippen LogP contribution in [0, 0.1) is 23.7 Å². The van der Waals surface area contributed by atoms with Crippen molar-refractivity contribution in [1.82, 2.24) is 0 Å². The van der Waals surface area contributed by atoms with Crippen LogP contribution in [0.3, 0.4) is 0 Å². The summed E-state index contributed by atoms with van der Waals surface area (Å²) in [6.07, 6.45) is 6.99. The third-order valence-electron chi connectivity index (χ3n) is 7.11. The Hall–Kier alpha value is -1.14. The van der Waals surface area contributed by atoms with Crippen molar-refractivity contribution in [3.63, 3.8) is 0 Å². The van der Waals surface area contributed by atoms with Gasteiger partial charge >= 0.3 is 11.9 Å². The van der Waals surface area contributed by atoms with Gasteiger partial charge < -0.3 is 18.9 Å². The summed E-state index contributed by atoms with van der Waals surface area (Å²) in [5.74, 6) is 0.368. The minimum absolute atomic E-state index is 0.274. The fourth-order valence-electron chi connectivity index (χ4n) is 5.94. The van der Waals surface area contributed by atoms with Crippen LogP contribution in [0.2, 0.25) is 0 Å². The summed E-state index contributed by atoms with van der Waals surface area (Å²) in [7, 11) is 0. The SMILES string of the molecule is CCCCOC(=O)[C@H]1OC2(C[C@H]3C[C@@H]4C[C@H](C3)[C@@H]2C4)O[C@@H]1C(=O)OCCCC. The van der Waals surface area contributed by atoms with E-state index in [1.54, 1.807) is 0 Å². The van der Waals surface area contributed by atoms with E-state index in [1.807, 2.05) is 13.8 Å². The van der Waals surface area contributed by atoms with Crippen molar-refractivity contribution in [2.24, 2.45) is 23.7 Å². The Morgan fingerprint density at radius 2 is 1.43 bits per heavy atom. The number of unbranched alkanes of at least 4 members (excludes halogenated alkanes) is 2. The molecule has 6 heteroatoms. The molecule has 3 saturated carbocycles. The largest absolute Gasteiger partial charge is 0.464 e. The van der Waals surface area contributed by atoms with Crippen LogP contribution in [0.15, 0.2) is 0 Å². The van der Waals surface area contributed by atoms with Gasteiger partial charge in [0.2, 0.25) is 0 Å². The highest BCUT2D eigenvalue weighted by Crippen LogP contribution is 2.62. The maximum atomic E-state index is 12.7. The summed E-state index contributed by atoms with van der Waals surface area (Å²) in [4.78, 5) is 25.5. The van der Waals surface area contributed by atoms with E-state index >= 15 is 0 Å². The zero-order valence-electron chi connectivity index (χ0n) is 17.2. The third kappa shape index (κ3) is 3.70. The monoisotopic (exact) mass is 394 g/mol. The lowest BCUT2D eigenvalue weighted by molar-refractivity contribution is -0.245. The maximum Gasteiger partial charge on any atom is 0.338 e. The molecule has 0 radical (unpaired) electrons. The first-order valence-electron chi connectivity index (χ1n) is 11.2. The lowest BCUT2D eigenvalue weighted by Gasteiger charge is -2.45. The number of hydrogen-bond donors (Lipinski definition) is 0. The van der Waals surface area contributed by atoms with Gasteiger partial charge in [-0.05, 0) is 56.3 Å². The predicted octanol–water partition coefficient (Wildman–Crippen LogP) is 3.61. The van der Waals surface area contributed by atoms with Crippen LogP contribution in [-0.2, 0) is 28.5 Å². The van der Waals surface area contributed by atoms with E-state index in [0.717, 1.165) is 44.4 Å². The molecule has 0 aromatic carbocycles. The molecule has 0 N–H and O–H groups in total. The summed E-state index contributed by atoms with van der Waals surface area (Å²) in [5, 5.41) is 0. The van der Waals surface area contributed by atoms with E-state index in [-0.39, 0.29) is 5.92 Å². The number of carbonyl (C=O) groups is 2. The molecule has 6 nitrogen and oxygen atoms in total. The van der Waals surface area contributed by atoms with E-state index in [4.69, 9.17) is 18.9 Å². The number of rotatable bonds is 8. The molecule has 158 valence electrons. The summed E-state index contributed by atoms with van der Waals surface area (Å²) < 4.78 is 23.5. The quantitative estimate of drug-likeness (QED) is 0.463. The zero-order chi connectivity index (χ0) is 19.7. The van der Waals surface area contributed by atoms with Crippen molar-refractivity contribution in [1.29, 1.82) is 0 Å². The molecule has 3 bridgehead atoms. The molecule has 28 heavy (non-hydrogen) atoms. The van der Waals surface area contributed by atoms with Gasteiger partial charge in [-0.1, -0.05) is 26.7 Å². The van der Waals surface area contributed by atoms with Crippen molar-refractivity contribution in [3.05, 3.63) is 0 Å². The summed E-state index contributed by atoms with van der Waals surface area (Å²) >= 11 is 0. The molecule has 0 aromatic rings. The molecule has 0 amide bonds. The van der Waals surface area contributed by atoms with Gasteiger partial charge in [0, 0.05) is 12.3 Å². The summed E-state index contributed by atoms with van der Waals surface area (Å²) in [5.41, 5.74) is 0. The Morgan fingerprint density at radius 3 is 2.00 bits per heavy atom. The van der Waals surface area contributed by atoms with Crippen LogP contribution in [-0.4, -0.2) is 43.1 Å². The second-order valence-electron chi connectivity index (χ2n) is 9.18. The topological polar surface area (TPSA) is 71.1 Å². The molecule has 3 aliphatic carbocycles. The van der Waals surface area contributed by atoms with Crippen molar-refractivity contribution in [2.75, 3.05) is 13.2 Å². The van der Waals surface area contributed by atoms with Gasteiger partial charge in [0.1, 0.15) is 0 Å². The Bertz CT molecular complexity index is 558. The molecule has 4 aliphatic rings. The van der Waals surface area contributed by atoms with Crippen molar-refractivity contribution in [3.8, 4) is 0 Å². The Morgan fingerprint density at radius 1 is 0.857 bits per heavy atom. The molecule has 1 saturated heterocycles. The molecule has 0 aromatic heterocycles. The van der Waals surface area contributed by atoms with Gasteiger partial charge in [-0.15, -0.1) is 0 Å². The number of hydrogen-bond acceptors (Lipinski definition) is 6.